The molecule has 1 unspecified atom stereocenters. The van der Waals surface area contributed by atoms with Crippen molar-refractivity contribution >= 4 is 29.1 Å². The average molecular weight is 414 g/mol. The lowest BCUT2D eigenvalue weighted by molar-refractivity contribution is -0.116. The topological polar surface area (TPSA) is 79.4 Å². The van der Waals surface area contributed by atoms with Crippen molar-refractivity contribution < 1.29 is 9.53 Å². The van der Waals surface area contributed by atoms with Crippen LogP contribution in [-0.2, 0) is 22.4 Å². The number of anilines is 2. The van der Waals surface area contributed by atoms with Gasteiger partial charge in [-0.2, -0.15) is 0 Å². The van der Waals surface area contributed by atoms with Gasteiger partial charge in [-0.05, 0) is 48.6 Å². The van der Waals surface area contributed by atoms with E-state index in [1.165, 1.54) is 0 Å². The molecule has 0 saturated carbocycles. The molecule has 2 N–H and O–H groups in total. The number of carbonyl (C=O) groups excluding carboxylic acids is 1. The molecule has 152 valence electrons. The summed E-state index contributed by atoms with van der Waals surface area (Å²) in [5.74, 6) is 0.130. The van der Waals surface area contributed by atoms with E-state index >= 15 is 0 Å². The van der Waals surface area contributed by atoms with Crippen LogP contribution in [0.15, 0.2) is 18.2 Å². The van der Waals surface area contributed by atoms with Crippen molar-refractivity contribution in [2.45, 2.75) is 25.2 Å². The number of hydrogen-bond acceptors (Lipinski definition) is 6. The van der Waals surface area contributed by atoms with Gasteiger partial charge in [0.05, 0.1) is 18.9 Å². The zero-order valence-corrected chi connectivity index (χ0v) is 17.0. The number of aryl methyl sites for hydroxylation is 1. The van der Waals surface area contributed by atoms with E-state index < -0.39 is 5.92 Å². The molecule has 3 heterocycles. The predicted octanol–water partition coefficient (Wildman–Crippen LogP) is 2.45. The van der Waals surface area contributed by atoms with Crippen LogP contribution in [0, 0.1) is 0 Å². The highest BCUT2D eigenvalue weighted by atomic mass is 35.5. The van der Waals surface area contributed by atoms with E-state index in [1.807, 2.05) is 12.1 Å². The van der Waals surface area contributed by atoms with Crippen LogP contribution in [0.2, 0.25) is 5.02 Å². The van der Waals surface area contributed by atoms with Crippen LogP contribution in [0.4, 0.5) is 11.6 Å². The molecular formula is C21H24ClN5O2. The smallest absolute Gasteiger partial charge is 0.238 e. The first-order valence-corrected chi connectivity index (χ1v) is 10.6. The summed E-state index contributed by atoms with van der Waals surface area (Å²) >= 11 is 6.22. The van der Waals surface area contributed by atoms with Gasteiger partial charge < -0.3 is 15.4 Å². The first kappa shape index (κ1) is 18.8. The second-order valence-electron chi connectivity index (χ2n) is 7.75. The Kier molecular flexibility index (Phi) is 5.11. The largest absolute Gasteiger partial charge is 0.379 e. The molecule has 5 rings (SSSR count). The van der Waals surface area contributed by atoms with Crippen molar-refractivity contribution in [1.82, 2.24) is 14.9 Å². The molecule has 0 bridgehead atoms. The predicted molar refractivity (Wildman–Crippen MR) is 112 cm³/mol. The van der Waals surface area contributed by atoms with Gasteiger partial charge in [0.15, 0.2) is 0 Å². The summed E-state index contributed by atoms with van der Waals surface area (Å²) in [6.07, 6.45) is 2.89. The second-order valence-corrected chi connectivity index (χ2v) is 8.18. The van der Waals surface area contributed by atoms with E-state index in [2.05, 4.69) is 15.5 Å². The SMILES string of the molecule is O=C1Nc2ccc(Cl)cc2C1c1nc(NCCN2CCOCC2)nc2c1CCC2. The fraction of sp³-hybridized carbons (Fsp3) is 0.476. The van der Waals surface area contributed by atoms with Gasteiger partial charge >= 0.3 is 0 Å². The number of ether oxygens (including phenoxy) is 1. The molecule has 1 amide bonds. The van der Waals surface area contributed by atoms with Gasteiger partial charge in [0.2, 0.25) is 11.9 Å². The Labute approximate surface area is 174 Å². The monoisotopic (exact) mass is 413 g/mol. The number of carbonyl (C=O) groups is 1. The number of nitrogens with zero attached hydrogens (tertiary/aromatic N) is 3. The third kappa shape index (κ3) is 3.70. The molecule has 1 aliphatic carbocycles. The highest BCUT2D eigenvalue weighted by Gasteiger charge is 2.36. The molecule has 29 heavy (non-hydrogen) atoms. The van der Waals surface area contributed by atoms with Crippen molar-refractivity contribution in [2.75, 3.05) is 50.0 Å². The van der Waals surface area contributed by atoms with E-state index in [-0.39, 0.29) is 5.91 Å². The van der Waals surface area contributed by atoms with Crippen LogP contribution >= 0.6 is 11.6 Å². The first-order valence-electron chi connectivity index (χ1n) is 10.2. The maximum absolute atomic E-state index is 12.8. The minimum atomic E-state index is -0.432. The lowest BCUT2D eigenvalue weighted by Gasteiger charge is -2.26. The molecule has 0 radical (unpaired) electrons. The number of amides is 1. The van der Waals surface area contributed by atoms with Gasteiger partial charge in [-0.25, -0.2) is 9.97 Å². The number of halogens is 1. The molecule has 0 spiro atoms. The van der Waals surface area contributed by atoms with E-state index in [4.69, 9.17) is 26.3 Å². The van der Waals surface area contributed by atoms with Crippen molar-refractivity contribution in [3.05, 3.63) is 45.7 Å². The number of hydrogen-bond donors (Lipinski definition) is 2. The van der Waals surface area contributed by atoms with Crippen molar-refractivity contribution in [1.29, 1.82) is 0 Å². The van der Waals surface area contributed by atoms with Crippen molar-refractivity contribution in [2.24, 2.45) is 0 Å². The summed E-state index contributed by atoms with van der Waals surface area (Å²) in [7, 11) is 0. The van der Waals surface area contributed by atoms with Gasteiger partial charge in [0, 0.05) is 42.6 Å². The molecule has 7 nitrogen and oxygen atoms in total. The molecule has 1 aromatic carbocycles. The van der Waals surface area contributed by atoms with Gasteiger partial charge in [-0.1, -0.05) is 11.6 Å². The van der Waals surface area contributed by atoms with Gasteiger partial charge in [-0.3, -0.25) is 9.69 Å². The van der Waals surface area contributed by atoms with E-state index in [0.717, 1.165) is 86.9 Å². The van der Waals surface area contributed by atoms with Crippen LogP contribution in [0.1, 0.15) is 34.9 Å². The van der Waals surface area contributed by atoms with Gasteiger partial charge in [-0.15, -0.1) is 0 Å². The normalized spacial score (nSPS) is 21.0. The number of fused-ring (bicyclic) bond motifs is 2. The summed E-state index contributed by atoms with van der Waals surface area (Å²) in [6, 6.07) is 5.53. The Morgan fingerprint density at radius 3 is 2.97 bits per heavy atom. The zero-order chi connectivity index (χ0) is 19.8. The van der Waals surface area contributed by atoms with E-state index in [1.54, 1.807) is 6.07 Å². The third-order valence-electron chi connectivity index (χ3n) is 5.90. The Hall–Kier alpha value is -2.22. The minimum absolute atomic E-state index is 0.0469. The van der Waals surface area contributed by atoms with Crippen molar-refractivity contribution in [3.8, 4) is 0 Å². The first-order chi connectivity index (χ1) is 14.2. The summed E-state index contributed by atoms with van der Waals surface area (Å²) in [4.78, 5) is 24.8. The van der Waals surface area contributed by atoms with Crippen molar-refractivity contribution in [3.63, 3.8) is 0 Å². The van der Waals surface area contributed by atoms with Gasteiger partial charge in [0.25, 0.3) is 0 Å². The Balaban J connectivity index is 1.41. The number of nitrogens with one attached hydrogen (secondary N) is 2. The van der Waals surface area contributed by atoms with Crippen LogP contribution in [0.5, 0.6) is 0 Å². The maximum Gasteiger partial charge on any atom is 0.238 e. The van der Waals surface area contributed by atoms with Gasteiger partial charge in [0.1, 0.15) is 5.92 Å². The van der Waals surface area contributed by atoms with Crippen LogP contribution in [-0.4, -0.2) is 60.2 Å². The summed E-state index contributed by atoms with van der Waals surface area (Å²) < 4.78 is 5.40. The lowest BCUT2D eigenvalue weighted by Crippen LogP contribution is -2.39. The molecule has 1 fully saturated rings. The molecule has 2 aromatic rings. The fourth-order valence-electron chi connectivity index (χ4n) is 4.43. The Morgan fingerprint density at radius 2 is 2.10 bits per heavy atom. The average Bonchev–Trinajstić information content (AvgIpc) is 3.32. The highest BCUT2D eigenvalue weighted by molar-refractivity contribution is 6.31. The molecule has 3 aliphatic rings. The quantitative estimate of drug-likeness (QED) is 0.783. The molecule has 2 aliphatic heterocycles. The third-order valence-corrected chi connectivity index (χ3v) is 6.13. The number of benzene rings is 1. The molecule has 1 atom stereocenters. The lowest BCUT2D eigenvalue weighted by atomic mass is 9.93. The highest BCUT2D eigenvalue weighted by Crippen LogP contribution is 2.41. The Morgan fingerprint density at radius 1 is 1.24 bits per heavy atom. The maximum atomic E-state index is 12.8. The number of rotatable bonds is 5. The van der Waals surface area contributed by atoms with Crippen LogP contribution < -0.4 is 10.6 Å². The summed E-state index contributed by atoms with van der Waals surface area (Å²) in [5.41, 5.74) is 4.72. The van der Waals surface area contributed by atoms with Crippen LogP contribution in [0.3, 0.4) is 0 Å². The summed E-state index contributed by atoms with van der Waals surface area (Å²) in [5, 5.41) is 6.97. The molecular weight excluding hydrogens is 390 g/mol. The van der Waals surface area contributed by atoms with E-state index in [0.29, 0.717) is 11.0 Å². The number of aromatic nitrogens is 2. The number of morpholine rings is 1. The fourth-order valence-corrected chi connectivity index (χ4v) is 4.61. The summed E-state index contributed by atoms with van der Waals surface area (Å²) in [6.45, 7) is 5.17. The second kappa shape index (κ2) is 7.89. The Bertz CT molecular complexity index is 945. The van der Waals surface area contributed by atoms with Crippen LogP contribution in [0.25, 0.3) is 0 Å². The standard InChI is InChI=1S/C21H24ClN5O2/c22-13-4-5-17-15(12-13)18(20(28)24-17)19-14-2-1-3-16(14)25-21(26-19)23-6-7-27-8-10-29-11-9-27/h4-5,12,18H,1-3,6-11H2,(H,24,28)(H,23,25,26). The molecule has 1 aromatic heterocycles. The minimum Gasteiger partial charge on any atom is -0.379 e. The zero-order valence-electron chi connectivity index (χ0n) is 16.2. The van der Waals surface area contributed by atoms with E-state index in [9.17, 15) is 4.79 Å². The molecule has 8 heteroatoms. The molecule has 1 saturated heterocycles.